The highest BCUT2D eigenvalue weighted by molar-refractivity contribution is 6.00. The third kappa shape index (κ3) is 9.25. The summed E-state index contributed by atoms with van der Waals surface area (Å²) in [5.74, 6) is -1.63. The largest absolute Gasteiger partial charge is 0.444 e. The number of nitrogens with one attached hydrogen (secondary N) is 2. The number of hydrogen-bond donors (Lipinski definition) is 3. The molecule has 9 nitrogen and oxygen atoms in total. The van der Waals surface area contributed by atoms with Crippen LogP contribution in [0.15, 0.2) is 55.1 Å². The molecule has 2 aromatic rings. The molecule has 0 radical (unpaired) electrons. The molecule has 4 amide bonds. The summed E-state index contributed by atoms with van der Waals surface area (Å²) < 4.78 is 5.35. The van der Waals surface area contributed by atoms with Crippen molar-refractivity contribution in [1.82, 2.24) is 10.2 Å². The smallest absolute Gasteiger partial charge is 0.408 e. The number of aryl methyl sites for hydroxylation is 3. The van der Waals surface area contributed by atoms with Gasteiger partial charge in [-0.05, 0) is 69.7 Å². The van der Waals surface area contributed by atoms with E-state index in [-0.39, 0.29) is 19.4 Å². The van der Waals surface area contributed by atoms with Crippen molar-refractivity contribution in [3.8, 4) is 0 Å². The van der Waals surface area contributed by atoms with Crippen molar-refractivity contribution in [2.24, 2.45) is 5.73 Å². The number of ether oxygens (including phenoxy) is 1. The van der Waals surface area contributed by atoms with E-state index in [0.29, 0.717) is 11.3 Å². The first-order chi connectivity index (χ1) is 18.8. The summed E-state index contributed by atoms with van der Waals surface area (Å²) >= 11 is 0. The lowest BCUT2D eigenvalue weighted by Gasteiger charge is -2.34. The number of carbonyl (C=O) groups is 4. The Hall–Kier alpha value is -4.14. The standard InChI is InChI=1S/C31H42N4O5/c1-8-19-35(29(38)24(17-18-25(32)36)33-30(39)40-31(5,6)7)27(23-15-13-22(9-2)14-16-23)28(37)34-26-20(3)11-10-12-21(26)4/h8,10-16,24,27H,1,9,17-19H2,2-7H3,(H2,32,36)(H,33,39)(H,34,37). The molecule has 216 valence electrons. The van der Waals surface area contributed by atoms with Gasteiger partial charge >= 0.3 is 6.09 Å². The second-order valence-electron chi connectivity index (χ2n) is 10.7. The minimum Gasteiger partial charge on any atom is -0.444 e. The fourth-order valence-electron chi connectivity index (χ4n) is 4.27. The zero-order valence-corrected chi connectivity index (χ0v) is 24.4. The number of benzene rings is 2. The first-order valence-corrected chi connectivity index (χ1v) is 13.4. The molecule has 2 unspecified atom stereocenters. The number of nitrogens with two attached hydrogens (primary N) is 1. The number of nitrogens with zero attached hydrogens (tertiary/aromatic N) is 1. The van der Waals surface area contributed by atoms with Crippen LogP contribution in [0, 0.1) is 13.8 Å². The van der Waals surface area contributed by atoms with E-state index in [1.165, 1.54) is 11.0 Å². The summed E-state index contributed by atoms with van der Waals surface area (Å²) in [6, 6.07) is 10.9. The molecule has 0 aliphatic heterocycles. The van der Waals surface area contributed by atoms with E-state index < -0.39 is 41.5 Å². The molecule has 9 heteroatoms. The molecule has 0 fully saturated rings. The summed E-state index contributed by atoms with van der Waals surface area (Å²) in [6.45, 7) is 14.7. The Morgan fingerprint density at radius 2 is 1.65 bits per heavy atom. The second kappa shape index (κ2) is 14.3. The zero-order valence-electron chi connectivity index (χ0n) is 24.4. The van der Waals surface area contributed by atoms with Crippen LogP contribution in [0.3, 0.4) is 0 Å². The molecule has 4 N–H and O–H groups in total. The Bertz CT molecular complexity index is 1200. The normalized spacial score (nSPS) is 12.6. The van der Waals surface area contributed by atoms with Gasteiger partial charge in [0.25, 0.3) is 5.91 Å². The molecule has 2 aromatic carbocycles. The molecule has 0 spiro atoms. The minimum atomic E-state index is -1.17. The number of para-hydroxylation sites is 1. The van der Waals surface area contributed by atoms with Gasteiger partial charge in [0.1, 0.15) is 17.7 Å². The van der Waals surface area contributed by atoms with Crippen LogP contribution >= 0.6 is 0 Å². The lowest BCUT2D eigenvalue weighted by molar-refractivity contribution is -0.140. The molecule has 0 saturated carbocycles. The number of carbonyl (C=O) groups excluding carboxylic acids is 4. The number of alkyl carbamates (subject to hydrolysis) is 1. The van der Waals surface area contributed by atoms with E-state index in [1.54, 1.807) is 20.8 Å². The number of rotatable bonds is 12. The first-order valence-electron chi connectivity index (χ1n) is 13.4. The molecule has 40 heavy (non-hydrogen) atoms. The van der Waals surface area contributed by atoms with E-state index >= 15 is 0 Å². The Morgan fingerprint density at radius 3 is 2.15 bits per heavy atom. The molecular formula is C31H42N4O5. The van der Waals surface area contributed by atoms with Crippen LogP contribution in [0.1, 0.15) is 68.8 Å². The van der Waals surface area contributed by atoms with Crippen LogP contribution in [0.5, 0.6) is 0 Å². The van der Waals surface area contributed by atoms with Crippen molar-refractivity contribution < 1.29 is 23.9 Å². The molecule has 0 aromatic heterocycles. The van der Waals surface area contributed by atoms with Gasteiger partial charge in [-0.15, -0.1) is 6.58 Å². The van der Waals surface area contributed by atoms with E-state index in [9.17, 15) is 19.2 Å². The highest BCUT2D eigenvalue weighted by Crippen LogP contribution is 2.28. The Balaban J connectivity index is 2.56. The minimum absolute atomic E-state index is 0.00226. The fourth-order valence-corrected chi connectivity index (χ4v) is 4.27. The average molecular weight is 551 g/mol. The highest BCUT2D eigenvalue weighted by atomic mass is 16.6. The summed E-state index contributed by atoms with van der Waals surface area (Å²) in [6.07, 6.45) is 1.28. The number of primary amides is 1. The quantitative estimate of drug-likeness (QED) is 0.329. The maximum absolute atomic E-state index is 14.1. The third-order valence-corrected chi connectivity index (χ3v) is 6.27. The molecule has 0 heterocycles. The van der Waals surface area contributed by atoms with Crippen molar-refractivity contribution in [2.45, 2.75) is 78.5 Å². The topological polar surface area (TPSA) is 131 Å². The van der Waals surface area contributed by atoms with Gasteiger partial charge in [-0.2, -0.15) is 0 Å². The van der Waals surface area contributed by atoms with Crippen LogP contribution in [0.4, 0.5) is 10.5 Å². The van der Waals surface area contributed by atoms with Crippen LogP contribution in [0.25, 0.3) is 0 Å². The lowest BCUT2D eigenvalue weighted by Crippen LogP contribution is -2.52. The van der Waals surface area contributed by atoms with Gasteiger partial charge in [0.2, 0.25) is 11.8 Å². The molecule has 0 aliphatic carbocycles. The fraction of sp³-hybridized carbons (Fsp3) is 0.419. The van der Waals surface area contributed by atoms with Crippen molar-refractivity contribution in [1.29, 1.82) is 0 Å². The molecule has 0 bridgehead atoms. The third-order valence-electron chi connectivity index (χ3n) is 6.27. The summed E-state index contributed by atoms with van der Waals surface area (Å²) in [5, 5.41) is 5.58. The van der Waals surface area contributed by atoms with Crippen molar-refractivity contribution in [2.75, 3.05) is 11.9 Å². The van der Waals surface area contributed by atoms with E-state index in [0.717, 1.165) is 23.1 Å². The van der Waals surface area contributed by atoms with Crippen molar-refractivity contribution >= 4 is 29.5 Å². The van der Waals surface area contributed by atoms with Crippen LogP contribution in [0.2, 0.25) is 0 Å². The van der Waals surface area contributed by atoms with Gasteiger partial charge in [0.15, 0.2) is 0 Å². The molecule has 2 rings (SSSR count). The molecule has 0 saturated heterocycles. The Morgan fingerprint density at radius 1 is 1.05 bits per heavy atom. The average Bonchev–Trinajstić information content (AvgIpc) is 2.87. The van der Waals surface area contributed by atoms with Gasteiger partial charge < -0.3 is 26.0 Å². The molecule has 2 atom stereocenters. The zero-order chi connectivity index (χ0) is 30.0. The van der Waals surface area contributed by atoms with Crippen LogP contribution in [-0.2, 0) is 25.5 Å². The van der Waals surface area contributed by atoms with Crippen molar-refractivity contribution in [3.63, 3.8) is 0 Å². The molecule has 0 aliphatic rings. The van der Waals surface area contributed by atoms with Gasteiger partial charge in [0.05, 0.1) is 0 Å². The van der Waals surface area contributed by atoms with Gasteiger partial charge in [-0.3, -0.25) is 14.4 Å². The maximum atomic E-state index is 14.1. The highest BCUT2D eigenvalue weighted by Gasteiger charge is 2.36. The summed E-state index contributed by atoms with van der Waals surface area (Å²) in [7, 11) is 0. The second-order valence-corrected chi connectivity index (χ2v) is 10.7. The lowest BCUT2D eigenvalue weighted by atomic mass is 9.99. The van der Waals surface area contributed by atoms with Crippen LogP contribution in [-0.4, -0.2) is 46.9 Å². The predicted molar refractivity (Wildman–Crippen MR) is 157 cm³/mol. The summed E-state index contributed by atoms with van der Waals surface area (Å²) in [4.78, 5) is 53.6. The SMILES string of the molecule is C=CCN(C(=O)C(CCC(N)=O)NC(=O)OC(C)(C)C)C(C(=O)Nc1c(C)cccc1C)c1ccc(CC)cc1. The summed E-state index contributed by atoms with van der Waals surface area (Å²) in [5.41, 5.74) is 8.62. The van der Waals surface area contributed by atoms with E-state index in [1.807, 2.05) is 63.2 Å². The van der Waals surface area contributed by atoms with Gasteiger partial charge in [0, 0.05) is 18.7 Å². The van der Waals surface area contributed by atoms with E-state index in [2.05, 4.69) is 17.2 Å². The number of hydrogen-bond acceptors (Lipinski definition) is 5. The maximum Gasteiger partial charge on any atom is 0.408 e. The monoisotopic (exact) mass is 550 g/mol. The first kappa shape index (κ1) is 32.1. The van der Waals surface area contributed by atoms with Gasteiger partial charge in [-0.1, -0.05) is 55.5 Å². The number of amides is 4. The van der Waals surface area contributed by atoms with E-state index in [4.69, 9.17) is 10.5 Å². The van der Waals surface area contributed by atoms with Crippen molar-refractivity contribution in [3.05, 3.63) is 77.4 Å². The number of anilines is 1. The Kier molecular flexibility index (Phi) is 11.5. The van der Waals surface area contributed by atoms with Gasteiger partial charge in [-0.25, -0.2) is 4.79 Å². The Labute approximate surface area is 237 Å². The molecular weight excluding hydrogens is 508 g/mol. The predicted octanol–water partition coefficient (Wildman–Crippen LogP) is 4.72. The van der Waals surface area contributed by atoms with Crippen LogP contribution < -0.4 is 16.4 Å².